The van der Waals surface area contributed by atoms with E-state index in [-0.39, 0.29) is 12.4 Å². The van der Waals surface area contributed by atoms with Gasteiger partial charge in [-0.2, -0.15) is 0 Å². The maximum absolute atomic E-state index is 3.68. The van der Waals surface area contributed by atoms with Crippen molar-refractivity contribution in [2.24, 2.45) is 0 Å². The van der Waals surface area contributed by atoms with Crippen LogP contribution in [0.15, 0.2) is 22.7 Å². The van der Waals surface area contributed by atoms with E-state index < -0.39 is 0 Å². The lowest BCUT2D eigenvalue weighted by molar-refractivity contribution is 0.0824. The molecule has 3 rings (SSSR count). The van der Waals surface area contributed by atoms with Crippen LogP contribution in [0.5, 0.6) is 0 Å². The van der Waals surface area contributed by atoms with Gasteiger partial charge >= 0.3 is 0 Å². The van der Waals surface area contributed by atoms with Crippen LogP contribution in [0.2, 0.25) is 0 Å². The zero-order valence-corrected chi connectivity index (χ0v) is 12.4. The normalized spacial score (nSPS) is 24.7. The van der Waals surface area contributed by atoms with Crippen molar-refractivity contribution < 1.29 is 0 Å². The standard InChI is InChI=1S/C13H17BrN2.ClH/c1-15-7-8-16-6-5-10-11(13(16)9-15)3-2-4-12(10)14;/h2-4,13H,5-9H2,1H3;1H. The minimum Gasteiger partial charge on any atom is -0.303 e. The Balaban J connectivity index is 0.00000108. The van der Waals surface area contributed by atoms with Gasteiger partial charge in [-0.05, 0) is 30.7 Å². The molecule has 0 N–H and O–H groups in total. The summed E-state index contributed by atoms with van der Waals surface area (Å²) in [5.41, 5.74) is 3.06. The third-order valence-electron chi connectivity index (χ3n) is 3.86. The molecule has 94 valence electrons. The molecular weight excluding hydrogens is 300 g/mol. The van der Waals surface area contributed by atoms with E-state index in [0.717, 1.165) is 0 Å². The Morgan fingerprint density at radius 3 is 2.88 bits per heavy atom. The van der Waals surface area contributed by atoms with Gasteiger partial charge in [0.25, 0.3) is 0 Å². The minimum atomic E-state index is 0. The number of hydrogen-bond acceptors (Lipinski definition) is 2. The number of fused-ring (bicyclic) bond motifs is 3. The van der Waals surface area contributed by atoms with Crippen LogP contribution in [-0.2, 0) is 6.42 Å². The summed E-state index contributed by atoms with van der Waals surface area (Å²) >= 11 is 3.68. The van der Waals surface area contributed by atoms with Crippen molar-refractivity contribution in [1.82, 2.24) is 9.80 Å². The van der Waals surface area contributed by atoms with E-state index in [9.17, 15) is 0 Å². The Labute approximate surface area is 118 Å². The van der Waals surface area contributed by atoms with Gasteiger partial charge < -0.3 is 4.90 Å². The molecule has 4 heteroatoms. The maximum Gasteiger partial charge on any atom is 0.0478 e. The molecule has 17 heavy (non-hydrogen) atoms. The highest BCUT2D eigenvalue weighted by Gasteiger charge is 2.31. The highest BCUT2D eigenvalue weighted by Crippen LogP contribution is 2.35. The van der Waals surface area contributed by atoms with Crippen molar-refractivity contribution in [3.8, 4) is 0 Å². The molecule has 1 aromatic carbocycles. The largest absolute Gasteiger partial charge is 0.303 e. The molecule has 0 aromatic heterocycles. The van der Waals surface area contributed by atoms with Gasteiger partial charge in [0.15, 0.2) is 0 Å². The molecule has 2 nitrogen and oxygen atoms in total. The fourth-order valence-corrected chi connectivity index (χ4v) is 3.51. The molecule has 1 unspecified atom stereocenters. The van der Waals surface area contributed by atoms with Crippen LogP contribution < -0.4 is 0 Å². The predicted octanol–water partition coefficient (Wildman–Crippen LogP) is 2.72. The number of likely N-dealkylation sites (N-methyl/N-ethyl adjacent to an activating group) is 1. The molecule has 0 aliphatic carbocycles. The second-order valence-electron chi connectivity index (χ2n) is 4.87. The van der Waals surface area contributed by atoms with Crippen LogP contribution in [0.25, 0.3) is 0 Å². The van der Waals surface area contributed by atoms with Crippen molar-refractivity contribution in [3.63, 3.8) is 0 Å². The molecular formula is C13H18BrClN2. The lowest BCUT2D eigenvalue weighted by Gasteiger charge is -2.44. The van der Waals surface area contributed by atoms with E-state index in [2.05, 4.69) is 51.0 Å². The Morgan fingerprint density at radius 2 is 2.06 bits per heavy atom. The van der Waals surface area contributed by atoms with Gasteiger partial charge in [0, 0.05) is 36.7 Å². The number of benzene rings is 1. The first-order valence-corrected chi connectivity index (χ1v) is 6.75. The molecule has 1 atom stereocenters. The van der Waals surface area contributed by atoms with Crippen LogP contribution in [0.3, 0.4) is 0 Å². The van der Waals surface area contributed by atoms with Crippen molar-refractivity contribution in [3.05, 3.63) is 33.8 Å². The molecule has 0 radical (unpaired) electrons. The molecule has 1 aromatic rings. The fraction of sp³-hybridized carbons (Fsp3) is 0.538. The minimum absolute atomic E-state index is 0. The molecule has 0 spiro atoms. The van der Waals surface area contributed by atoms with E-state index in [1.54, 1.807) is 0 Å². The number of nitrogens with zero attached hydrogens (tertiary/aromatic N) is 2. The average molecular weight is 318 g/mol. The van der Waals surface area contributed by atoms with Crippen molar-refractivity contribution in [2.75, 3.05) is 33.2 Å². The summed E-state index contributed by atoms with van der Waals surface area (Å²) in [7, 11) is 2.23. The van der Waals surface area contributed by atoms with E-state index in [1.807, 2.05) is 0 Å². The van der Waals surface area contributed by atoms with E-state index in [1.165, 1.54) is 48.2 Å². The second kappa shape index (κ2) is 5.27. The van der Waals surface area contributed by atoms with E-state index in [4.69, 9.17) is 0 Å². The molecule has 2 aliphatic rings. The molecule has 1 fully saturated rings. The van der Waals surface area contributed by atoms with Crippen LogP contribution in [-0.4, -0.2) is 43.0 Å². The third kappa shape index (κ3) is 2.39. The predicted molar refractivity (Wildman–Crippen MR) is 76.9 cm³/mol. The molecule has 2 aliphatic heterocycles. The van der Waals surface area contributed by atoms with Crippen LogP contribution in [0.1, 0.15) is 17.2 Å². The Hall–Kier alpha value is -0.0900. The molecule has 1 saturated heterocycles. The van der Waals surface area contributed by atoms with Crippen molar-refractivity contribution in [2.45, 2.75) is 12.5 Å². The van der Waals surface area contributed by atoms with E-state index in [0.29, 0.717) is 6.04 Å². The van der Waals surface area contributed by atoms with Gasteiger partial charge in [0.2, 0.25) is 0 Å². The van der Waals surface area contributed by atoms with Gasteiger partial charge in [0.1, 0.15) is 0 Å². The first kappa shape index (κ1) is 13.3. The summed E-state index contributed by atoms with van der Waals surface area (Å²) in [6.07, 6.45) is 1.19. The quantitative estimate of drug-likeness (QED) is 0.726. The summed E-state index contributed by atoms with van der Waals surface area (Å²) in [4.78, 5) is 5.08. The summed E-state index contributed by atoms with van der Waals surface area (Å²) < 4.78 is 1.29. The lowest BCUT2D eigenvalue weighted by Crippen LogP contribution is -2.49. The van der Waals surface area contributed by atoms with E-state index >= 15 is 0 Å². The summed E-state index contributed by atoms with van der Waals surface area (Å²) in [5, 5.41) is 0. The highest BCUT2D eigenvalue weighted by molar-refractivity contribution is 9.10. The van der Waals surface area contributed by atoms with Gasteiger partial charge in [-0.15, -0.1) is 12.4 Å². The molecule has 0 saturated carbocycles. The van der Waals surface area contributed by atoms with Gasteiger partial charge in [-0.25, -0.2) is 0 Å². The van der Waals surface area contributed by atoms with Crippen LogP contribution >= 0.6 is 28.3 Å². The zero-order chi connectivity index (χ0) is 11.1. The maximum atomic E-state index is 3.68. The first-order valence-electron chi connectivity index (χ1n) is 5.95. The molecule has 0 amide bonds. The van der Waals surface area contributed by atoms with Crippen LogP contribution in [0, 0.1) is 0 Å². The Morgan fingerprint density at radius 1 is 1.24 bits per heavy atom. The number of rotatable bonds is 0. The fourth-order valence-electron chi connectivity index (χ4n) is 2.93. The Kier molecular flexibility index (Phi) is 4.14. The SMILES string of the molecule is CN1CCN2CCc3c(Br)cccc3C2C1.Cl. The topological polar surface area (TPSA) is 6.48 Å². The molecule has 0 bridgehead atoms. The summed E-state index contributed by atoms with van der Waals surface area (Å²) in [6.45, 7) is 4.81. The number of piperazine rings is 1. The number of hydrogen-bond donors (Lipinski definition) is 0. The highest BCUT2D eigenvalue weighted by atomic mass is 79.9. The van der Waals surface area contributed by atoms with Crippen molar-refractivity contribution in [1.29, 1.82) is 0 Å². The average Bonchev–Trinajstić information content (AvgIpc) is 2.29. The van der Waals surface area contributed by atoms with Gasteiger partial charge in [-0.1, -0.05) is 28.1 Å². The number of halogens is 2. The monoisotopic (exact) mass is 316 g/mol. The van der Waals surface area contributed by atoms with Gasteiger partial charge in [0.05, 0.1) is 0 Å². The smallest absolute Gasteiger partial charge is 0.0478 e. The molecule has 2 heterocycles. The van der Waals surface area contributed by atoms with Crippen molar-refractivity contribution >= 4 is 28.3 Å². The Bertz CT molecular complexity index is 410. The van der Waals surface area contributed by atoms with Crippen LogP contribution in [0.4, 0.5) is 0 Å². The summed E-state index contributed by atoms with van der Waals surface area (Å²) in [6, 6.07) is 7.25. The lowest BCUT2D eigenvalue weighted by atomic mass is 9.91. The summed E-state index contributed by atoms with van der Waals surface area (Å²) in [5.74, 6) is 0. The van der Waals surface area contributed by atoms with Gasteiger partial charge in [-0.3, -0.25) is 4.90 Å². The first-order chi connectivity index (χ1) is 7.75. The zero-order valence-electron chi connectivity index (χ0n) is 10.0. The third-order valence-corrected chi connectivity index (χ3v) is 4.60. The second-order valence-corrected chi connectivity index (χ2v) is 5.73.